The van der Waals surface area contributed by atoms with E-state index in [1.54, 1.807) is 0 Å². The van der Waals surface area contributed by atoms with Crippen molar-refractivity contribution in [3.8, 4) is 0 Å². The van der Waals surface area contributed by atoms with E-state index in [4.69, 9.17) is 9.47 Å². The molecule has 5 atom stereocenters. The van der Waals surface area contributed by atoms with Crippen LogP contribution in [0.3, 0.4) is 0 Å². The highest BCUT2D eigenvalue weighted by atomic mass is 16.6. The molecule has 3 fully saturated rings. The number of hydrogen-bond acceptors (Lipinski definition) is 4. The van der Waals surface area contributed by atoms with Crippen LogP contribution in [-0.4, -0.2) is 30.1 Å². The first kappa shape index (κ1) is 16.0. The van der Waals surface area contributed by atoms with Gasteiger partial charge in [-0.1, -0.05) is 19.8 Å². The first-order chi connectivity index (χ1) is 10.6. The Morgan fingerprint density at radius 3 is 2.73 bits per heavy atom. The van der Waals surface area contributed by atoms with Crippen LogP contribution in [0.15, 0.2) is 0 Å². The van der Waals surface area contributed by atoms with Crippen LogP contribution >= 0.6 is 0 Å². The summed E-state index contributed by atoms with van der Waals surface area (Å²) < 4.78 is 11.0. The third kappa shape index (κ3) is 2.82. The van der Waals surface area contributed by atoms with E-state index in [2.05, 4.69) is 6.92 Å². The van der Waals surface area contributed by atoms with Gasteiger partial charge in [-0.15, -0.1) is 0 Å². The van der Waals surface area contributed by atoms with Crippen molar-refractivity contribution >= 4 is 11.8 Å². The van der Waals surface area contributed by atoms with E-state index in [0.29, 0.717) is 18.9 Å². The summed E-state index contributed by atoms with van der Waals surface area (Å²) in [4.78, 5) is 24.6. The maximum absolute atomic E-state index is 12.6. The maximum atomic E-state index is 12.6. The van der Waals surface area contributed by atoms with Crippen molar-refractivity contribution in [2.75, 3.05) is 6.61 Å². The molecule has 5 unspecified atom stereocenters. The fraction of sp³-hybridized carbons (Fsp3) is 0.889. The molecule has 2 bridgehead atoms. The van der Waals surface area contributed by atoms with Gasteiger partial charge in [0, 0.05) is 6.42 Å². The average molecular weight is 308 g/mol. The van der Waals surface area contributed by atoms with Crippen molar-refractivity contribution in [3.05, 3.63) is 0 Å². The maximum Gasteiger partial charge on any atom is 0.309 e. The minimum absolute atomic E-state index is 0.127. The lowest BCUT2D eigenvalue weighted by Crippen LogP contribution is -2.29. The molecule has 2 saturated carbocycles. The number of Topliss-reactive ketones (excluding diaryl/α,β-unsaturated/α-hetero) is 1. The molecule has 1 aliphatic heterocycles. The smallest absolute Gasteiger partial charge is 0.309 e. The number of fused-ring (bicyclic) bond motifs is 3. The molecule has 0 aromatic heterocycles. The number of unbranched alkanes of at least 4 members (excludes halogenated alkanes) is 1. The van der Waals surface area contributed by atoms with Crippen LogP contribution in [0.25, 0.3) is 0 Å². The quantitative estimate of drug-likeness (QED) is 0.510. The van der Waals surface area contributed by atoms with Gasteiger partial charge in [-0.05, 0) is 50.9 Å². The molecule has 124 valence electrons. The van der Waals surface area contributed by atoms with Crippen LogP contribution in [0.5, 0.6) is 0 Å². The van der Waals surface area contributed by atoms with Gasteiger partial charge in [0.05, 0.1) is 12.5 Å². The molecule has 0 aromatic rings. The van der Waals surface area contributed by atoms with Crippen LogP contribution in [0.1, 0.15) is 65.2 Å². The van der Waals surface area contributed by atoms with E-state index >= 15 is 0 Å². The summed E-state index contributed by atoms with van der Waals surface area (Å²) in [5.41, 5.74) is -0.135. The Hall–Kier alpha value is -0.900. The zero-order chi connectivity index (χ0) is 15.7. The lowest BCUT2D eigenvalue weighted by Gasteiger charge is -2.18. The molecule has 4 nitrogen and oxygen atoms in total. The second kappa shape index (κ2) is 6.31. The zero-order valence-corrected chi connectivity index (χ0v) is 13.8. The third-order valence-electron chi connectivity index (χ3n) is 5.83. The minimum atomic E-state index is -0.285. The molecule has 4 heteroatoms. The summed E-state index contributed by atoms with van der Waals surface area (Å²) in [6.07, 6.45) is 7.60. The van der Waals surface area contributed by atoms with Crippen molar-refractivity contribution in [1.82, 2.24) is 0 Å². The summed E-state index contributed by atoms with van der Waals surface area (Å²) in [7, 11) is 0. The number of rotatable bonds is 8. The Kier molecular flexibility index (Phi) is 4.58. The first-order valence-electron chi connectivity index (χ1n) is 8.97. The highest BCUT2D eigenvalue weighted by Crippen LogP contribution is 2.62. The van der Waals surface area contributed by atoms with Crippen LogP contribution in [0.2, 0.25) is 0 Å². The van der Waals surface area contributed by atoms with E-state index in [1.165, 1.54) is 19.3 Å². The summed E-state index contributed by atoms with van der Waals surface area (Å²) >= 11 is 0. The molecule has 3 aliphatic rings. The molecule has 0 amide bonds. The molecule has 1 heterocycles. The highest BCUT2D eigenvalue weighted by Gasteiger charge is 2.69. The Balaban J connectivity index is 1.56. The third-order valence-corrected chi connectivity index (χ3v) is 5.83. The van der Waals surface area contributed by atoms with Crippen LogP contribution in [-0.2, 0) is 19.1 Å². The molecule has 1 spiro atoms. The largest absolute Gasteiger partial charge is 0.466 e. The van der Waals surface area contributed by atoms with Crippen molar-refractivity contribution in [3.63, 3.8) is 0 Å². The molecular formula is C18H28O4. The van der Waals surface area contributed by atoms with Crippen molar-refractivity contribution in [2.45, 2.75) is 76.9 Å². The van der Waals surface area contributed by atoms with E-state index in [9.17, 15) is 9.59 Å². The van der Waals surface area contributed by atoms with E-state index in [1.807, 2.05) is 6.92 Å². The van der Waals surface area contributed by atoms with Gasteiger partial charge in [-0.25, -0.2) is 0 Å². The van der Waals surface area contributed by atoms with Crippen LogP contribution in [0, 0.1) is 17.8 Å². The molecule has 2 aliphatic carbocycles. The molecule has 0 aromatic carbocycles. The molecule has 0 N–H and O–H groups in total. The van der Waals surface area contributed by atoms with Gasteiger partial charge in [-0.2, -0.15) is 0 Å². The Labute approximate surface area is 132 Å². The monoisotopic (exact) mass is 308 g/mol. The number of carbonyl (C=O) groups is 2. The highest BCUT2D eigenvalue weighted by molar-refractivity contribution is 5.90. The molecule has 3 rings (SSSR count). The summed E-state index contributed by atoms with van der Waals surface area (Å²) in [6, 6.07) is 0. The predicted octanol–water partition coefficient (Wildman–Crippen LogP) is 3.27. The summed E-state index contributed by atoms with van der Waals surface area (Å²) in [5, 5.41) is 0. The van der Waals surface area contributed by atoms with Crippen LogP contribution < -0.4 is 0 Å². The van der Waals surface area contributed by atoms with Crippen molar-refractivity contribution < 1.29 is 19.1 Å². The predicted molar refractivity (Wildman–Crippen MR) is 82.3 cm³/mol. The van der Waals surface area contributed by atoms with Gasteiger partial charge in [0.2, 0.25) is 0 Å². The first-order valence-corrected chi connectivity index (χ1v) is 8.97. The Morgan fingerprint density at radius 2 is 2.14 bits per heavy atom. The van der Waals surface area contributed by atoms with Crippen molar-refractivity contribution in [2.24, 2.45) is 17.8 Å². The molecule has 0 radical (unpaired) electrons. The topological polar surface area (TPSA) is 55.9 Å². The van der Waals surface area contributed by atoms with Gasteiger partial charge in [0.25, 0.3) is 0 Å². The number of hydrogen-bond donors (Lipinski definition) is 0. The Morgan fingerprint density at radius 1 is 1.32 bits per heavy atom. The number of carbonyl (C=O) groups excluding carboxylic acids is 2. The lowest BCUT2D eigenvalue weighted by atomic mass is 9.83. The van der Waals surface area contributed by atoms with E-state index < -0.39 is 0 Å². The number of epoxide rings is 1. The standard InChI is InChI=1S/C18H28O4/c1-3-5-6-13(17(20)21-4-2)10-15(19)16-18(22-16)11-12-7-8-14(18)9-12/h12-14,16H,3-11H2,1-2H3. The van der Waals surface area contributed by atoms with Gasteiger partial charge in [0.1, 0.15) is 11.7 Å². The normalized spacial score (nSPS) is 36.5. The fourth-order valence-electron chi connectivity index (χ4n) is 4.67. The second-order valence-corrected chi connectivity index (χ2v) is 7.29. The Bertz CT molecular complexity index is 446. The van der Waals surface area contributed by atoms with Crippen molar-refractivity contribution in [1.29, 1.82) is 0 Å². The molecule has 22 heavy (non-hydrogen) atoms. The van der Waals surface area contributed by atoms with Gasteiger partial charge >= 0.3 is 5.97 Å². The molecular weight excluding hydrogens is 280 g/mol. The number of esters is 1. The van der Waals surface area contributed by atoms with Gasteiger partial charge in [-0.3, -0.25) is 9.59 Å². The second-order valence-electron chi connectivity index (χ2n) is 7.29. The average Bonchev–Trinajstić information content (AvgIpc) is 2.86. The SMILES string of the molecule is CCCCC(CC(=O)C1OC12CC1CCC2C1)C(=O)OCC. The van der Waals surface area contributed by atoms with E-state index in [-0.39, 0.29) is 29.4 Å². The number of ether oxygens (including phenoxy) is 2. The summed E-state index contributed by atoms with van der Waals surface area (Å²) in [5.74, 6) is 0.979. The summed E-state index contributed by atoms with van der Waals surface area (Å²) in [6.45, 7) is 4.28. The molecule has 1 saturated heterocycles. The van der Waals surface area contributed by atoms with E-state index in [0.717, 1.165) is 31.6 Å². The lowest BCUT2D eigenvalue weighted by molar-refractivity contribution is -0.150. The van der Waals surface area contributed by atoms with Gasteiger partial charge in [0.15, 0.2) is 5.78 Å². The zero-order valence-electron chi connectivity index (χ0n) is 13.8. The minimum Gasteiger partial charge on any atom is -0.466 e. The number of ketones is 1. The van der Waals surface area contributed by atoms with Gasteiger partial charge < -0.3 is 9.47 Å². The van der Waals surface area contributed by atoms with Crippen LogP contribution in [0.4, 0.5) is 0 Å². The fourth-order valence-corrected chi connectivity index (χ4v) is 4.67.